The van der Waals surface area contributed by atoms with E-state index in [0.717, 1.165) is 30.4 Å². The fourth-order valence-electron chi connectivity index (χ4n) is 3.93. The lowest BCUT2D eigenvalue weighted by Gasteiger charge is -2.46. The Bertz CT molecular complexity index is 914. The van der Waals surface area contributed by atoms with E-state index in [1.165, 1.54) is 23.2 Å². The van der Waals surface area contributed by atoms with E-state index in [4.69, 9.17) is 11.6 Å². The van der Waals surface area contributed by atoms with Crippen molar-refractivity contribution in [3.63, 3.8) is 0 Å². The van der Waals surface area contributed by atoms with Crippen molar-refractivity contribution >= 4 is 29.2 Å². The van der Waals surface area contributed by atoms with Crippen LogP contribution >= 0.6 is 11.6 Å². The maximum atomic E-state index is 13.4. The van der Waals surface area contributed by atoms with Gasteiger partial charge in [0.15, 0.2) is 0 Å². The first-order valence-corrected chi connectivity index (χ1v) is 9.79. The van der Waals surface area contributed by atoms with E-state index in [9.17, 15) is 14.0 Å². The van der Waals surface area contributed by atoms with Gasteiger partial charge in [-0.2, -0.15) is 0 Å². The van der Waals surface area contributed by atoms with Crippen LogP contribution in [0.3, 0.4) is 0 Å². The van der Waals surface area contributed by atoms with Crippen LogP contribution in [0.5, 0.6) is 0 Å². The standard InChI is InChI=1S/C21H21ClFN3O2/c1-13-9-16(22)10-24-20(13)26-12-18(27)25(11-14-5-7-17(23)8-6-14)19(21(26)28)15-3-2-4-15/h5-10,15,19H,2-4,11-12H2,1H3/t19-/m1/s1. The lowest BCUT2D eigenvalue weighted by Crippen LogP contribution is -2.63. The molecule has 1 aromatic heterocycles. The van der Waals surface area contributed by atoms with Crippen molar-refractivity contribution in [1.82, 2.24) is 9.88 Å². The molecule has 2 amide bonds. The Morgan fingerprint density at radius 3 is 2.54 bits per heavy atom. The maximum absolute atomic E-state index is 13.4. The lowest BCUT2D eigenvalue weighted by molar-refractivity contribution is -0.147. The molecule has 28 heavy (non-hydrogen) atoms. The second kappa shape index (κ2) is 7.51. The number of piperazine rings is 1. The molecule has 1 saturated carbocycles. The molecule has 1 aromatic carbocycles. The van der Waals surface area contributed by atoms with Gasteiger partial charge in [-0.05, 0) is 55.0 Å². The number of hydrogen-bond donors (Lipinski definition) is 0. The minimum absolute atomic E-state index is 0.0568. The van der Waals surface area contributed by atoms with Gasteiger partial charge in [-0.3, -0.25) is 14.5 Å². The van der Waals surface area contributed by atoms with E-state index in [2.05, 4.69) is 4.98 Å². The molecule has 1 aliphatic carbocycles. The molecule has 4 rings (SSSR count). The van der Waals surface area contributed by atoms with Gasteiger partial charge in [-0.25, -0.2) is 9.37 Å². The summed E-state index contributed by atoms with van der Waals surface area (Å²) in [5, 5.41) is 0.491. The van der Waals surface area contributed by atoms with Gasteiger partial charge in [0.05, 0.1) is 5.02 Å². The number of halogens is 2. The molecular formula is C21H21ClFN3O2. The quantitative estimate of drug-likeness (QED) is 0.784. The summed E-state index contributed by atoms with van der Waals surface area (Å²) in [6.45, 7) is 2.07. The van der Waals surface area contributed by atoms with Crippen LogP contribution in [0.4, 0.5) is 10.2 Å². The van der Waals surface area contributed by atoms with Gasteiger partial charge in [0.2, 0.25) is 5.91 Å². The molecule has 1 saturated heterocycles. The second-order valence-electron chi connectivity index (χ2n) is 7.50. The topological polar surface area (TPSA) is 53.5 Å². The van der Waals surface area contributed by atoms with Crippen molar-refractivity contribution < 1.29 is 14.0 Å². The smallest absolute Gasteiger partial charge is 0.251 e. The third-order valence-electron chi connectivity index (χ3n) is 5.60. The predicted octanol–water partition coefficient (Wildman–Crippen LogP) is 3.73. The molecular weight excluding hydrogens is 381 g/mol. The first-order chi connectivity index (χ1) is 13.4. The molecule has 2 aliphatic rings. The highest BCUT2D eigenvalue weighted by atomic mass is 35.5. The Labute approximate surface area is 168 Å². The number of amides is 2. The van der Waals surface area contributed by atoms with E-state index < -0.39 is 6.04 Å². The molecule has 2 fully saturated rings. The Hall–Kier alpha value is -2.47. The summed E-state index contributed by atoms with van der Waals surface area (Å²) in [4.78, 5) is 33.9. The van der Waals surface area contributed by atoms with E-state index in [-0.39, 0.29) is 30.1 Å². The van der Waals surface area contributed by atoms with Gasteiger partial charge in [-0.15, -0.1) is 0 Å². The average Bonchev–Trinajstić information content (AvgIpc) is 2.61. The summed E-state index contributed by atoms with van der Waals surface area (Å²) in [5.41, 5.74) is 1.56. The van der Waals surface area contributed by atoms with Crippen molar-refractivity contribution in [1.29, 1.82) is 0 Å². The highest BCUT2D eigenvalue weighted by molar-refractivity contribution is 6.30. The predicted molar refractivity (Wildman–Crippen MR) is 104 cm³/mol. The van der Waals surface area contributed by atoms with Crippen LogP contribution in [0.1, 0.15) is 30.4 Å². The van der Waals surface area contributed by atoms with Crippen LogP contribution in [0.25, 0.3) is 0 Å². The zero-order chi connectivity index (χ0) is 19.8. The van der Waals surface area contributed by atoms with Crippen molar-refractivity contribution in [2.75, 3.05) is 11.4 Å². The monoisotopic (exact) mass is 401 g/mol. The number of nitrogens with zero attached hydrogens (tertiary/aromatic N) is 3. The zero-order valence-electron chi connectivity index (χ0n) is 15.6. The van der Waals surface area contributed by atoms with Crippen LogP contribution in [-0.2, 0) is 16.1 Å². The molecule has 0 unspecified atom stereocenters. The summed E-state index contributed by atoms with van der Waals surface area (Å²) >= 11 is 5.99. The van der Waals surface area contributed by atoms with Crippen LogP contribution in [0, 0.1) is 18.7 Å². The van der Waals surface area contributed by atoms with Crippen LogP contribution in [0.2, 0.25) is 5.02 Å². The Kier molecular flexibility index (Phi) is 5.06. The van der Waals surface area contributed by atoms with Crippen LogP contribution < -0.4 is 4.90 Å². The average molecular weight is 402 g/mol. The Balaban J connectivity index is 1.65. The van der Waals surface area contributed by atoms with Gasteiger partial charge in [0, 0.05) is 12.7 Å². The number of benzene rings is 1. The van der Waals surface area contributed by atoms with Gasteiger partial charge in [-0.1, -0.05) is 30.2 Å². The first-order valence-electron chi connectivity index (χ1n) is 9.41. The van der Waals surface area contributed by atoms with Gasteiger partial charge < -0.3 is 4.90 Å². The SMILES string of the molecule is Cc1cc(Cl)cnc1N1CC(=O)N(Cc2ccc(F)cc2)[C@H](C2CCC2)C1=O. The number of aryl methyl sites for hydroxylation is 1. The summed E-state index contributed by atoms with van der Waals surface area (Å²) in [7, 11) is 0. The molecule has 1 aliphatic heterocycles. The largest absolute Gasteiger partial charge is 0.324 e. The third kappa shape index (κ3) is 3.49. The zero-order valence-corrected chi connectivity index (χ0v) is 16.3. The minimum atomic E-state index is -0.517. The Morgan fingerprint density at radius 2 is 1.93 bits per heavy atom. The molecule has 0 spiro atoms. The normalized spacial score (nSPS) is 20.5. The van der Waals surface area contributed by atoms with E-state index in [1.54, 1.807) is 23.1 Å². The lowest BCUT2D eigenvalue weighted by atomic mass is 9.77. The number of rotatable bonds is 4. The number of carbonyl (C=O) groups is 2. The van der Waals surface area contributed by atoms with Crippen molar-refractivity contribution in [3.05, 3.63) is 58.5 Å². The number of pyridine rings is 1. The van der Waals surface area contributed by atoms with Gasteiger partial charge >= 0.3 is 0 Å². The maximum Gasteiger partial charge on any atom is 0.251 e. The fraction of sp³-hybridized carbons (Fsp3) is 0.381. The molecule has 0 bridgehead atoms. The highest BCUT2D eigenvalue weighted by Gasteiger charge is 2.46. The summed E-state index contributed by atoms with van der Waals surface area (Å²) < 4.78 is 13.2. The molecule has 1 atom stereocenters. The summed E-state index contributed by atoms with van der Waals surface area (Å²) in [6.07, 6.45) is 4.39. The molecule has 0 N–H and O–H groups in total. The molecule has 146 valence electrons. The summed E-state index contributed by atoms with van der Waals surface area (Å²) in [6, 6.07) is 7.28. The third-order valence-corrected chi connectivity index (χ3v) is 5.81. The fourth-order valence-corrected chi connectivity index (χ4v) is 4.14. The molecule has 0 radical (unpaired) electrons. The molecule has 7 heteroatoms. The number of carbonyl (C=O) groups excluding carboxylic acids is 2. The van der Waals surface area contributed by atoms with E-state index in [1.807, 2.05) is 6.92 Å². The van der Waals surface area contributed by atoms with E-state index >= 15 is 0 Å². The van der Waals surface area contributed by atoms with Crippen LogP contribution in [-0.4, -0.2) is 34.3 Å². The molecule has 5 nitrogen and oxygen atoms in total. The van der Waals surface area contributed by atoms with Crippen molar-refractivity contribution in [2.24, 2.45) is 5.92 Å². The number of anilines is 1. The minimum Gasteiger partial charge on any atom is -0.324 e. The second-order valence-corrected chi connectivity index (χ2v) is 7.94. The van der Waals surface area contributed by atoms with Crippen molar-refractivity contribution in [2.45, 2.75) is 38.8 Å². The van der Waals surface area contributed by atoms with Crippen molar-refractivity contribution in [3.8, 4) is 0 Å². The van der Waals surface area contributed by atoms with Crippen LogP contribution in [0.15, 0.2) is 36.5 Å². The first kappa shape index (κ1) is 18.9. The van der Waals surface area contributed by atoms with E-state index in [0.29, 0.717) is 17.4 Å². The molecule has 2 aromatic rings. The summed E-state index contributed by atoms with van der Waals surface area (Å²) in [5.74, 6) is 0.0675. The van der Waals surface area contributed by atoms with Gasteiger partial charge in [0.25, 0.3) is 5.91 Å². The Morgan fingerprint density at radius 1 is 1.21 bits per heavy atom. The van der Waals surface area contributed by atoms with Gasteiger partial charge in [0.1, 0.15) is 24.2 Å². The highest BCUT2D eigenvalue weighted by Crippen LogP contribution is 2.37. The number of aromatic nitrogens is 1. The molecule has 2 heterocycles. The number of hydrogen-bond acceptors (Lipinski definition) is 3.